The lowest BCUT2D eigenvalue weighted by Crippen LogP contribution is -2.38. The molecule has 1 aromatic rings. The number of piperidine rings is 1. The predicted octanol–water partition coefficient (Wildman–Crippen LogP) is 1.38. The number of sulfonamides is 1. The highest BCUT2D eigenvalue weighted by Crippen LogP contribution is 2.20. The van der Waals surface area contributed by atoms with Crippen LogP contribution in [0.1, 0.15) is 12.8 Å². The minimum Gasteiger partial charge on any atom is -0.316 e. The summed E-state index contributed by atoms with van der Waals surface area (Å²) >= 11 is 0. The highest BCUT2D eigenvalue weighted by molar-refractivity contribution is 7.89. The fourth-order valence-electron chi connectivity index (χ4n) is 2.18. The van der Waals surface area contributed by atoms with Gasteiger partial charge < -0.3 is 5.32 Å². The Kier molecular flexibility index (Phi) is 4.66. The Morgan fingerprint density at radius 1 is 1.25 bits per heavy atom. The molecule has 0 bridgehead atoms. The van der Waals surface area contributed by atoms with Gasteiger partial charge in [-0.1, -0.05) is 0 Å². The van der Waals surface area contributed by atoms with Crippen molar-refractivity contribution in [3.8, 4) is 0 Å². The largest absolute Gasteiger partial charge is 0.316 e. The first-order valence-corrected chi connectivity index (χ1v) is 7.73. The SMILES string of the molecule is O=S(=O)(NC[C@@H]1CCCNC1)c1c(F)cc(F)cc1F. The number of hydrogen-bond donors (Lipinski definition) is 2. The second-order valence-corrected chi connectivity index (χ2v) is 6.47. The Morgan fingerprint density at radius 3 is 2.45 bits per heavy atom. The van der Waals surface area contributed by atoms with Crippen LogP contribution in [0.5, 0.6) is 0 Å². The first kappa shape index (κ1) is 15.3. The molecule has 0 spiro atoms. The van der Waals surface area contributed by atoms with Gasteiger partial charge in [0, 0.05) is 18.7 Å². The number of halogens is 3. The molecule has 0 aromatic heterocycles. The van der Waals surface area contributed by atoms with E-state index in [-0.39, 0.29) is 12.5 Å². The molecular weight excluding hydrogens is 293 g/mol. The van der Waals surface area contributed by atoms with Crippen LogP contribution in [0.4, 0.5) is 13.2 Å². The maximum absolute atomic E-state index is 13.5. The summed E-state index contributed by atoms with van der Waals surface area (Å²) in [4.78, 5) is -1.14. The molecule has 1 saturated heterocycles. The van der Waals surface area contributed by atoms with Crippen molar-refractivity contribution in [2.45, 2.75) is 17.7 Å². The second-order valence-electron chi connectivity index (χ2n) is 4.76. The van der Waals surface area contributed by atoms with Crippen molar-refractivity contribution in [3.05, 3.63) is 29.6 Å². The standard InChI is InChI=1S/C12H15F3N2O2S/c13-9-4-10(14)12(11(15)5-9)20(18,19)17-7-8-2-1-3-16-6-8/h4-5,8,16-17H,1-3,6-7H2/t8-/m1/s1. The minimum absolute atomic E-state index is 0.0742. The average molecular weight is 308 g/mol. The normalized spacial score (nSPS) is 20.1. The zero-order chi connectivity index (χ0) is 14.8. The molecular formula is C12H15F3N2O2S. The molecule has 1 heterocycles. The maximum Gasteiger partial charge on any atom is 0.246 e. The van der Waals surface area contributed by atoms with Crippen LogP contribution in [0, 0.1) is 23.4 Å². The topological polar surface area (TPSA) is 58.2 Å². The molecule has 1 atom stereocenters. The molecule has 2 rings (SSSR count). The summed E-state index contributed by atoms with van der Waals surface area (Å²) in [7, 11) is -4.33. The van der Waals surface area contributed by atoms with Gasteiger partial charge in [0.25, 0.3) is 0 Å². The minimum atomic E-state index is -4.33. The molecule has 0 unspecified atom stereocenters. The van der Waals surface area contributed by atoms with E-state index in [4.69, 9.17) is 0 Å². The Bertz CT molecular complexity index is 563. The van der Waals surface area contributed by atoms with E-state index in [2.05, 4.69) is 10.0 Å². The molecule has 0 radical (unpaired) electrons. The Balaban J connectivity index is 2.14. The van der Waals surface area contributed by atoms with Crippen molar-refractivity contribution in [3.63, 3.8) is 0 Å². The van der Waals surface area contributed by atoms with Crippen LogP contribution in [-0.4, -0.2) is 28.1 Å². The molecule has 0 amide bonds. The van der Waals surface area contributed by atoms with E-state index in [0.717, 1.165) is 19.4 Å². The maximum atomic E-state index is 13.5. The zero-order valence-corrected chi connectivity index (χ0v) is 11.4. The van der Waals surface area contributed by atoms with Gasteiger partial charge >= 0.3 is 0 Å². The van der Waals surface area contributed by atoms with E-state index in [1.807, 2.05) is 0 Å². The molecule has 20 heavy (non-hydrogen) atoms. The van der Waals surface area contributed by atoms with Crippen molar-refractivity contribution in [1.29, 1.82) is 0 Å². The van der Waals surface area contributed by atoms with Crippen molar-refractivity contribution in [2.24, 2.45) is 5.92 Å². The quantitative estimate of drug-likeness (QED) is 0.883. The van der Waals surface area contributed by atoms with Crippen LogP contribution >= 0.6 is 0 Å². The van der Waals surface area contributed by atoms with Crippen LogP contribution in [0.15, 0.2) is 17.0 Å². The summed E-state index contributed by atoms with van der Waals surface area (Å²) in [6, 6.07) is 0.694. The molecule has 2 N–H and O–H groups in total. The van der Waals surface area contributed by atoms with Gasteiger partial charge in [-0.2, -0.15) is 0 Å². The molecule has 0 aliphatic carbocycles. The molecule has 1 aromatic carbocycles. The molecule has 1 fully saturated rings. The Morgan fingerprint density at radius 2 is 1.90 bits per heavy atom. The lowest BCUT2D eigenvalue weighted by molar-refractivity contribution is 0.375. The van der Waals surface area contributed by atoms with Gasteiger partial charge in [0.2, 0.25) is 10.0 Å². The fraction of sp³-hybridized carbons (Fsp3) is 0.500. The van der Waals surface area contributed by atoms with Crippen LogP contribution < -0.4 is 10.0 Å². The van der Waals surface area contributed by atoms with E-state index in [9.17, 15) is 21.6 Å². The molecule has 1 aliphatic rings. The van der Waals surface area contributed by atoms with E-state index < -0.39 is 32.4 Å². The Labute approximate surface area is 115 Å². The third-order valence-corrected chi connectivity index (χ3v) is 4.67. The first-order valence-electron chi connectivity index (χ1n) is 6.25. The number of hydrogen-bond acceptors (Lipinski definition) is 3. The molecule has 0 saturated carbocycles. The van der Waals surface area contributed by atoms with Crippen molar-refractivity contribution >= 4 is 10.0 Å². The fourth-order valence-corrected chi connectivity index (χ4v) is 3.41. The third-order valence-electron chi connectivity index (χ3n) is 3.19. The lowest BCUT2D eigenvalue weighted by Gasteiger charge is -2.22. The summed E-state index contributed by atoms with van der Waals surface area (Å²) in [6.07, 6.45) is 1.76. The Hall–Kier alpha value is -1.12. The van der Waals surface area contributed by atoms with Gasteiger partial charge in [0.1, 0.15) is 17.5 Å². The number of nitrogens with one attached hydrogen (secondary N) is 2. The van der Waals surface area contributed by atoms with Gasteiger partial charge in [0.05, 0.1) is 0 Å². The predicted molar refractivity (Wildman–Crippen MR) is 67.1 cm³/mol. The molecule has 4 nitrogen and oxygen atoms in total. The van der Waals surface area contributed by atoms with Crippen LogP contribution in [0.25, 0.3) is 0 Å². The number of rotatable bonds is 4. The van der Waals surface area contributed by atoms with Gasteiger partial charge in [-0.3, -0.25) is 0 Å². The summed E-state index contributed by atoms with van der Waals surface area (Å²) in [5.41, 5.74) is 0. The smallest absolute Gasteiger partial charge is 0.246 e. The summed E-state index contributed by atoms with van der Waals surface area (Å²) in [6.45, 7) is 1.62. The summed E-state index contributed by atoms with van der Waals surface area (Å²) < 4.78 is 65.7. The van der Waals surface area contributed by atoms with Crippen molar-refractivity contribution < 1.29 is 21.6 Å². The zero-order valence-electron chi connectivity index (χ0n) is 10.6. The third kappa shape index (κ3) is 3.50. The highest BCUT2D eigenvalue weighted by atomic mass is 32.2. The van der Waals surface area contributed by atoms with Crippen molar-refractivity contribution in [1.82, 2.24) is 10.0 Å². The molecule has 1 aliphatic heterocycles. The summed E-state index contributed by atoms with van der Waals surface area (Å²) in [5.74, 6) is -3.95. The molecule has 112 valence electrons. The van der Waals surface area contributed by atoms with E-state index >= 15 is 0 Å². The van der Waals surface area contributed by atoms with E-state index in [1.54, 1.807) is 0 Å². The van der Waals surface area contributed by atoms with Crippen LogP contribution in [0.2, 0.25) is 0 Å². The van der Waals surface area contributed by atoms with Gasteiger partial charge in [-0.15, -0.1) is 0 Å². The lowest BCUT2D eigenvalue weighted by atomic mass is 10.0. The number of benzene rings is 1. The summed E-state index contributed by atoms with van der Waals surface area (Å²) in [5, 5.41) is 3.11. The second kappa shape index (κ2) is 6.11. The first-order chi connectivity index (χ1) is 9.40. The highest BCUT2D eigenvalue weighted by Gasteiger charge is 2.26. The average Bonchev–Trinajstić information content (AvgIpc) is 2.36. The van der Waals surface area contributed by atoms with Gasteiger partial charge in [-0.25, -0.2) is 26.3 Å². The van der Waals surface area contributed by atoms with Gasteiger partial charge in [-0.05, 0) is 31.8 Å². The molecule has 8 heteroatoms. The van der Waals surface area contributed by atoms with E-state index in [0.29, 0.717) is 18.7 Å². The van der Waals surface area contributed by atoms with Crippen LogP contribution in [0.3, 0.4) is 0 Å². The van der Waals surface area contributed by atoms with E-state index in [1.165, 1.54) is 0 Å². The van der Waals surface area contributed by atoms with Crippen molar-refractivity contribution in [2.75, 3.05) is 19.6 Å². The van der Waals surface area contributed by atoms with Gasteiger partial charge in [0.15, 0.2) is 4.90 Å². The monoisotopic (exact) mass is 308 g/mol. The van der Waals surface area contributed by atoms with Crippen LogP contribution in [-0.2, 0) is 10.0 Å².